The third kappa shape index (κ3) is 3.02. The van der Waals surface area contributed by atoms with Gasteiger partial charge in [0.1, 0.15) is 11.3 Å². The topological polar surface area (TPSA) is 59.8 Å². The van der Waals surface area contributed by atoms with Crippen LogP contribution in [0.1, 0.15) is 41.5 Å². The van der Waals surface area contributed by atoms with Crippen molar-refractivity contribution in [2.45, 2.75) is 33.6 Å². The third-order valence-electron chi connectivity index (χ3n) is 4.11. The Kier molecular flexibility index (Phi) is 4.60. The first-order valence-corrected chi connectivity index (χ1v) is 8.31. The molecule has 0 aliphatic carbocycles. The maximum atomic E-state index is 12.3. The summed E-state index contributed by atoms with van der Waals surface area (Å²) in [6, 6.07) is 9.58. The average molecular weight is 322 g/mol. The van der Waals surface area contributed by atoms with Gasteiger partial charge in [-0.15, -0.1) is 0 Å². The lowest BCUT2D eigenvalue weighted by atomic mass is 10.1. The number of pyridine rings is 1. The number of aryl methyl sites for hydroxylation is 2. The van der Waals surface area contributed by atoms with Crippen LogP contribution in [0, 0.1) is 13.8 Å². The average Bonchev–Trinajstić information content (AvgIpc) is 2.91. The van der Waals surface area contributed by atoms with E-state index in [2.05, 4.69) is 22.2 Å². The molecule has 0 atom stereocenters. The van der Waals surface area contributed by atoms with E-state index in [1.54, 1.807) is 6.20 Å². The molecule has 1 N–H and O–H groups in total. The molecule has 1 amide bonds. The fourth-order valence-electron chi connectivity index (χ4n) is 2.79. The summed E-state index contributed by atoms with van der Waals surface area (Å²) >= 11 is 0. The van der Waals surface area contributed by atoms with E-state index >= 15 is 0 Å². The van der Waals surface area contributed by atoms with Crippen molar-refractivity contribution in [3.63, 3.8) is 0 Å². The number of aromatic nitrogens is 3. The number of amides is 1. The SMILES string of the molecule is CCCCNC(=O)c1ccc(C)c(-n2c(C)nc3cccnc32)c1. The summed E-state index contributed by atoms with van der Waals surface area (Å²) in [6.07, 6.45) is 3.81. The minimum atomic E-state index is -0.0419. The molecule has 2 aromatic heterocycles. The number of fused-ring (bicyclic) bond motifs is 1. The van der Waals surface area contributed by atoms with Crippen LogP contribution in [-0.4, -0.2) is 27.0 Å². The first kappa shape index (κ1) is 16.2. The second kappa shape index (κ2) is 6.83. The Morgan fingerprint density at radius 2 is 2.08 bits per heavy atom. The summed E-state index contributed by atoms with van der Waals surface area (Å²) in [7, 11) is 0. The molecule has 2 heterocycles. The Morgan fingerprint density at radius 1 is 1.25 bits per heavy atom. The first-order chi connectivity index (χ1) is 11.6. The summed E-state index contributed by atoms with van der Waals surface area (Å²) in [5.41, 5.74) is 4.34. The van der Waals surface area contributed by atoms with Gasteiger partial charge in [0.15, 0.2) is 5.65 Å². The van der Waals surface area contributed by atoms with Crippen LogP contribution in [0.5, 0.6) is 0 Å². The summed E-state index contributed by atoms with van der Waals surface area (Å²) in [5.74, 6) is 0.815. The predicted molar refractivity (Wildman–Crippen MR) is 95.6 cm³/mol. The monoisotopic (exact) mass is 322 g/mol. The van der Waals surface area contributed by atoms with Crippen LogP contribution >= 0.6 is 0 Å². The van der Waals surface area contributed by atoms with E-state index in [4.69, 9.17) is 0 Å². The van der Waals surface area contributed by atoms with E-state index in [1.165, 1.54) is 0 Å². The van der Waals surface area contributed by atoms with E-state index in [-0.39, 0.29) is 5.91 Å². The second-order valence-corrected chi connectivity index (χ2v) is 5.95. The molecule has 0 saturated heterocycles. The van der Waals surface area contributed by atoms with Gasteiger partial charge in [-0.3, -0.25) is 9.36 Å². The zero-order valence-electron chi connectivity index (χ0n) is 14.3. The van der Waals surface area contributed by atoms with Crippen LogP contribution in [0.25, 0.3) is 16.9 Å². The molecule has 124 valence electrons. The lowest BCUT2D eigenvalue weighted by Gasteiger charge is -2.12. The molecular formula is C19H22N4O. The highest BCUT2D eigenvalue weighted by Gasteiger charge is 2.14. The Labute approximate surface area is 141 Å². The van der Waals surface area contributed by atoms with Crippen LogP contribution in [-0.2, 0) is 0 Å². The number of hydrogen-bond acceptors (Lipinski definition) is 3. The smallest absolute Gasteiger partial charge is 0.251 e. The van der Waals surface area contributed by atoms with Crippen LogP contribution < -0.4 is 5.32 Å². The van der Waals surface area contributed by atoms with Gasteiger partial charge >= 0.3 is 0 Å². The highest BCUT2D eigenvalue weighted by Crippen LogP contribution is 2.23. The van der Waals surface area contributed by atoms with Gasteiger partial charge in [0, 0.05) is 18.3 Å². The van der Waals surface area contributed by atoms with E-state index in [0.29, 0.717) is 12.1 Å². The Morgan fingerprint density at radius 3 is 2.88 bits per heavy atom. The fraction of sp³-hybridized carbons (Fsp3) is 0.316. The molecule has 0 aliphatic heterocycles. The van der Waals surface area contributed by atoms with Crippen molar-refractivity contribution in [2.75, 3.05) is 6.54 Å². The van der Waals surface area contributed by atoms with Crippen molar-refractivity contribution in [1.82, 2.24) is 19.9 Å². The predicted octanol–water partition coefficient (Wildman–Crippen LogP) is 3.57. The molecule has 0 radical (unpaired) electrons. The fourth-order valence-corrected chi connectivity index (χ4v) is 2.79. The molecule has 0 aliphatic rings. The van der Waals surface area contributed by atoms with E-state index < -0.39 is 0 Å². The van der Waals surface area contributed by atoms with Crippen LogP contribution in [0.3, 0.4) is 0 Å². The number of carbonyl (C=O) groups is 1. The van der Waals surface area contributed by atoms with E-state index in [9.17, 15) is 4.79 Å². The Bertz CT molecular complexity index is 882. The van der Waals surface area contributed by atoms with Crippen molar-refractivity contribution >= 4 is 17.1 Å². The molecule has 0 unspecified atom stereocenters. The molecule has 0 spiro atoms. The van der Waals surface area contributed by atoms with Crippen LogP contribution in [0.2, 0.25) is 0 Å². The molecule has 5 nitrogen and oxygen atoms in total. The molecule has 0 saturated carbocycles. The highest BCUT2D eigenvalue weighted by atomic mass is 16.1. The van der Waals surface area contributed by atoms with Gasteiger partial charge in [-0.2, -0.15) is 0 Å². The number of imidazole rings is 1. The molecule has 1 aromatic carbocycles. The zero-order chi connectivity index (χ0) is 17.1. The number of nitrogens with one attached hydrogen (secondary N) is 1. The molecular weight excluding hydrogens is 300 g/mol. The first-order valence-electron chi connectivity index (χ1n) is 8.31. The minimum Gasteiger partial charge on any atom is -0.352 e. The number of hydrogen-bond donors (Lipinski definition) is 1. The van der Waals surface area contributed by atoms with Gasteiger partial charge in [-0.05, 0) is 50.1 Å². The highest BCUT2D eigenvalue weighted by molar-refractivity contribution is 5.95. The van der Waals surface area contributed by atoms with Crippen LogP contribution in [0.4, 0.5) is 0 Å². The third-order valence-corrected chi connectivity index (χ3v) is 4.11. The van der Waals surface area contributed by atoms with Gasteiger partial charge in [-0.25, -0.2) is 9.97 Å². The van der Waals surface area contributed by atoms with Crippen LogP contribution in [0.15, 0.2) is 36.5 Å². The van der Waals surface area contributed by atoms with Crippen molar-refractivity contribution < 1.29 is 4.79 Å². The number of carbonyl (C=O) groups excluding carboxylic acids is 1. The van der Waals surface area contributed by atoms with Crippen molar-refractivity contribution in [3.05, 3.63) is 53.5 Å². The summed E-state index contributed by atoms with van der Waals surface area (Å²) < 4.78 is 2.01. The van der Waals surface area contributed by atoms with Crippen molar-refractivity contribution in [1.29, 1.82) is 0 Å². The molecule has 3 rings (SSSR count). The largest absolute Gasteiger partial charge is 0.352 e. The molecule has 3 aromatic rings. The molecule has 0 bridgehead atoms. The maximum absolute atomic E-state index is 12.3. The van der Waals surface area contributed by atoms with Gasteiger partial charge in [-0.1, -0.05) is 19.4 Å². The van der Waals surface area contributed by atoms with Crippen molar-refractivity contribution in [3.8, 4) is 5.69 Å². The van der Waals surface area contributed by atoms with Crippen molar-refractivity contribution in [2.24, 2.45) is 0 Å². The lowest BCUT2D eigenvalue weighted by Crippen LogP contribution is -2.24. The normalized spacial score (nSPS) is 11.0. The van der Waals surface area contributed by atoms with E-state index in [0.717, 1.165) is 41.1 Å². The van der Waals surface area contributed by atoms with E-state index in [1.807, 2.05) is 48.7 Å². The minimum absolute atomic E-state index is 0.0419. The number of unbranched alkanes of at least 4 members (excludes halogenated alkanes) is 1. The van der Waals surface area contributed by atoms with Gasteiger partial charge in [0.05, 0.1) is 5.69 Å². The van der Waals surface area contributed by atoms with Gasteiger partial charge in [0.2, 0.25) is 0 Å². The maximum Gasteiger partial charge on any atom is 0.251 e. The molecule has 24 heavy (non-hydrogen) atoms. The van der Waals surface area contributed by atoms with Gasteiger partial charge in [0.25, 0.3) is 5.91 Å². The number of nitrogens with zero attached hydrogens (tertiary/aromatic N) is 3. The number of rotatable bonds is 5. The summed E-state index contributed by atoms with van der Waals surface area (Å²) in [6.45, 7) is 6.79. The lowest BCUT2D eigenvalue weighted by molar-refractivity contribution is 0.0953. The molecule has 5 heteroatoms. The second-order valence-electron chi connectivity index (χ2n) is 5.95. The Balaban J connectivity index is 2.03. The quantitative estimate of drug-likeness (QED) is 0.731. The molecule has 0 fully saturated rings. The summed E-state index contributed by atoms with van der Waals surface area (Å²) in [5, 5.41) is 2.96. The summed E-state index contributed by atoms with van der Waals surface area (Å²) in [4.78, 5) is 21.4. The number of benzene rings is 1. The van der Waals surface area contributed by atoms with Gasteiger partial charge < -0.3 is 5.32 Å². The standard InChI is InChI=1S/C19H22N4O/c1-4-5-10-21-19(24)15-9-8-13(2)17(12-15)23-14(3)22-16-7-6-11-20-18(16)23/h6-9,11-12H,4-5,10H2,1-3H3,(H,21,24). The Hall–Kier alpha value is -2.69. The zero-order valence-corrected chi connectivity index (χ0v) is 14.3.